The summed E-state index contributed by atoms with van der Waals surface area (Å²) in [6.45, 7) is -0.482. The lowest BCUT2D eigenvalue weighted by molar-refractivity contribution is -0.147. The highest BCUT2D eigenvalue weighted by Crippen LogP contribution is 2.35. The first-order valence-corrected chi connectivity index (χ1v) is 9.99. The van der Waals surface area contributed by atoms with Crippen molar-refractivity contribution in [2.75, 3.05) is 26.1 Å². The second-order valence-electron chi connectivity index (χ2n) is 6.64. The zero-order chi connectivity index (χ0) is 23.1. The summed E-state index contributed by atoms with van der Waals surface area (Å²) < 4.78 is 34.8. The minimum atomic E-state index is -0.580. The average Bonchev–Trinajstić information content (AvgIpc) is 3.25. The standard InChI is InChI=1S/C23H21ClFNO6/c1-29-20-12-21(30-2)18(11-16(20)24)26-22(27)13-31-23(28)10-8-14-7-9-19(32-14)15-5-3-4-6-17(15)25/h3-7,9,11-12H,8,10,13H2,1-2H3,(H,26,27). The van der Waals surface area contributed by atoms with Crippen LogP contribution < -0.4 is 14.8 Å². The van der Waals surface area contributed by atoms with E-state index >= 15 is 0 Å². The lowest BCUT2D eigenvalue weighted by Gasteiger charge is -2.13. The van der Waals surface area contributed by atoms with Gasteiger partial charge in [0.25, 0.3) is 5.91 Å². The number of halogens is 2. The molecular formula is C23H21ClFNO6. The molecule has 0 saturated carbocycles. The minimum absolute atomic E-state index is 0.00477. The molecule has 1 N–H and O–H groups in total. The van der Waals surface area contributed by atoms with Crippen molar-refractivity contribution in [1.82, 2.24) is 0 Å². The molecule has 0 radical (unpaired) electrons. The van der Waals surface area contributed by atoms with Crippen molar-refractivity contribution >= 4 is 29.2 Å². The maximum atomic E-state index is 13.8. The maximum absolute atomic E-state index is 13.8. The summed E-state index contributed by atoms with van der Waals surface area (Å²) >= 11 is 6.07. The Kier molecular flexibility index (Phi) is 7.72. The van der Waals surface area contributed by atoms with Gasteiger partial charge in [-0.3, -0.25) is 9.59 Å². The number of amides is 1. The van der Waals surface area contributed by atoms with Crippen molar-refractivity contribution < 1.29 is 32.6 Å². The molecule has 3 aromatic rings. The SMILES string of the molecule is COc1cc(OC)c(NC(=O)COC(=O)CCc2ccc(-c3ccccc3F)o2)cc1Cl. The third kappa shape index (κ3) is 5.79. The number of ether oxygens (including phenoxy) is 3. The van der Waals surface area contributed by atoms with Gasteiger partial charge >= 0.3 is 5.97 Å². The maximum Gasteiger partial charge on any atom is 0.306 e. The Labute approximate surface area is 189 Å². The van der Waals surface area contributed by atoms with Gasteiger partial charge in [0.15, 0.2) is 6.61 Å². The van der Waals surface area contributed by atoms with E-state index in [1.165, 1.54) is 32.4 Å². The number of carbonyl (C=O) groups excluding carboxylic acids is 2. The first-order valence-electron chi connectivity index (χ1n) is 9.62. The molecule has 0 aliphatic carbocycles. The zero-order valence-electron chi connectivity index (χ0n) is 17.4. The summed E-state index contributed by atoms with van der Waals surface area (Å²) in [5.41, 5.74) is 0.655. The Hall–Kier alpha value is -3.52. The zero-order valence-corrected chi connectivity index (χ0v) is 18.2. The van der Waals surface area contributed by atoms with E-state index in [2.05, 4.69) is 5.32 Å². The van der Waals surface area contributed by atoms with E-state index in [-0.39, 0.29) is 17.9 Å². The third-order valence-corrected chi connectivity index (χ3v) is 4.78. The van der Waals surface area contributed by atoms with E-state index in [9.17, 15) is 14.0 Å². The van der Waals surface area contributed by atoms with E-state index in [0.717, 1.165) is 0 Å². The first-order chi connectivity index (χ1) is 15.4. The largest absolute Gasteiger partial charge is 0.495 e. The third-order valence-electron chi connectivity index (χ3n) is 4.49. The van der Waals surface area contributed by atoms with E-state index < -0.39 is 24.3 Å². The number of anilines is 1. The molecule has 1 aromatic heterocycles. The Morgan fingerprint density at radius 3 is 2.53 bits per heavy atom. The van der Waals surface area contributed by atoms with Gasteiger partial charge in [0.05, 0.1) is 36.9 Å². The van der Waals surface area contributed by atoms with Crippen molar-refractivity contribution in [2.45, 2.75) is 12.8 Å². The quantitative estimate of drug-likeness (QED) is 0.457. The number of methoxy groups -OCH3 is 2. The number of benzene rings is 2. The number of hydrogen-bond acceptors (Lipinski definition) is 6. The predicted molar refractivity (Wildman–Crippen MR) is 117 cm³/mol. The van der Waals surface area contributed by atoms with E-state index in [4.69, 9.17) is 30.2 Å². The fourth-order valence-electron chi connectivity index (χ4n) is 2.91. The van der Waals surface area contributed by atoms with E-state index in [1.807, 2.05) is 0 Å². The van der Waals surface area contributed by atoms with Gasteiger partial charge in [-0.25, -0.2) is 4.39 Å². The molecule has 168 valence electrons. The molecule has 32 heavy (non-hydrogen) atoms. The molecule has 0 fully saturated rings. The monoisotopic (exact) mass is 461 g/mol. The highest BCUT2D eigenvalue weighted by Gasteiger charge is 2.15. The highest BCUT2D eigenvalue weighted by molar-refractivity contribution is 6.32. The fourth-order valence-corrected chi connectivity index (χ4v) is 3.15. The van der Waals surface area contributed by atoms with Crippen LogP contribution in [0.25, 0.3) is 11.3 Å². The molecule has 9 heteroatoms. The normalized spacial score (nSPS) is 10.5. The van der Waals surface area contributed by atoms with Gasteiger partial charge in [0.2, 0.25) is 0 Å². The molecule has 0 spiro atoms. The second kappa shape index (κ2) is 10.7. The van der Waals surface area contributed by atoms with Crippen LogP contribution in [-0.4, -0.2) is 32.7 Å². The molecule has 2 aromatic carbocycles. The van der Waals surface area contributed by atoms with Crippen LogP contribution >= 0.6 is 11.6 Å². The Morgan fingerprint density at radius 2 is 1.81 bits per heavy atom. The van der Waals surface area contributed by atoms with E-state index in [0.29, 0.717) is 34.3 Å². The summed E-state index contributed by atoms with van der Waals surface area (Å²) in [4.78, 5) is 24.1. The lowest BCUT2D eigenvalue weighted by Crippen LogP contribution is -2.21. The van der Waals surface area contributed by atoms with Crippen molar-refractivity contribution in [3.63, 3.8) is 0 Å². The van der Waals surface area contributed by atoms with Crippen LogP contribution in [0.15, 0.2) is 52.9 Å². The van der Waals surface area contributed by atoms with Gasteiger partial charge in [0.1, 0.15) is 28.8 Å². The molecule has 0 unspecified atom stereocenters. The van der Waals surface area contributed by atoms with Crippen LogP contribution in [0.3, 0.4) is 0 Å². The second-order valence-corrected chi connectivity index (χ2v) is 7.05. The van der Waals surface area contributed by atoms with Crippen LogP contribution in [0.1, 0.15) is 12.2 Å². The number of carbonyl (C=O) groups is 2. The lowest BCUT2D eigenvalue weighted by atomic mass is 10.1. The molecule has 0 bridgehead atoms. The fraction of sp³-hybridized carbons (Fsp3) is 0.217. The average molecular weight is 462 g/mol. The van der Waals surface area contributed by atoms with Crippen molar-refractivity contribution in [3.8, 4) is 22.8 Å². The predicted octanol–water partition coefficient (Wildman–Crippen LogP) is 4.87. The Bertz CT molecular complexity index is 1110. The van der Waals surface area contributed by atoms with Crippen LogP contribution in [-0.2, 0) is 20.7 Å². The van der Waals surface area contributed by atoms with Gasteiger partial charge < -0.3 is 23.9 Å². The van der Waals surface area contributed by atoms with Crippen molar-refractivity contribution in [3.05, 3.63) is 65.1 Å². The molecule has 0 atom stereocenters. The summed E-state index contributed by atoms with van der Waals surface area (Å²) in [7, 11) is 2.90. The number of nitrogens with one attached hydrogen (secondary N) is 1. The Morgan fingerprint density at radius 1 is 1.06 bits per heavy atom. The number of furan rings is 1. The molecule has 3 rings (SSSR count). The summed E-state index contributed by atoms with van der Waals surface area (Å²) in [6.07, 6.45) is 0.242. The molecule has 0 saturated heterocycles. The van der Waals surface area contributed by atoms with Crippen LogP contribution in [0.2, 0.25) is 5.02 Å². The number of rotatable bonds is 9. The first kappa shape index (κ1) is 23.1. The number of esters is 1. The molecule has 0 aliphatic heterocycles. The minimum Gasteiger partial charge on any atom is -0.495 e. The molecule has 7 nitrogen and oxygen atoms in total. The van der Waals surface area contributed by atoms with E-state index in [1.54, 1.807) is 30.3 Å². The number of aryl methyl sites for hydroxylation is 1. The van der Waals surface area contributed by atoms with Crippen LogP contribution in [0.4, 0.5) is 10.1 Å². The summed E-state index contributed by atoms with van der Waals surface area (Å²) in [5.74, 6) is 0.0775. The number of hydrogen-bond donors (Lipinski definition) is 1. The van der Waals surface area contributed by atoms with Gasteiger partial charge in [-0.2, -0.15) is 0 Å². The molecule has 1 amide bonds. The van der Waals surface area contributed by atoms with Crippen molar-refractivity contribution in [1.29, 1.82) is 0 Å². The van der Waals surface area contributed by atoms with Gasteiger partial charge in [-0.15, -0.1) is 0 Å². The van der Waals surface area contributed by atoms with Gasteiger partial charge in [-0.1, -0.05) is 23.7 Å². The molecule has 1 heterocycles. The Balaban J connectivity index is 1.49. The molecular weight excluding hydrogens is 441 g/mol. The smallest absolute Gasteiger partial charge is 0.306 e. The molecule has 0 aliphatic rings. The summed E-state index contributed by atoms with van der Waals surface area (Å²) in [6, 6.07) is 12.6. The highest BCUT2D eigenvalue weighted by atomic mass is 35.5. The van der Waals surface area contributed by atoms with Crippen molar-refractivity contribution in [2.24, 2.45) is 0 Å². The van der Waals surface area contributed by atoms with Gasteiger partial charge in [-0.05, 0) is 30.3 Å². The summed E-state index contributed by atoms with van der Waals surface area (Å²) in [5, 5.41) is 2.86. The van der Waals surface area contributed by atoms with Crippen LogP contribution in [0, 0.1) is 5.82 Å². The van der Waals surface area contributed by atoms with Crippen LogP contribution in [0.5, 0.6) is 11.5 Å². The topological polar surface area (TPSA) is 87.0 Å². The van der Waals surface area contributed by atoms with Gasteiger partial charge in [0, 0.05) is 12.5 Å².